The maximum Gasteiger partial charge on any atom is 0.260 e. The predicted octanol–water partition coefficient (Wildman–Crippen LogP) is 3.41. The zero-order valence-electron chi connectivity index (χ0n) is 13.2. The summed E-state index contributed by atoms with van der Waals surface area (Å²) in [4.78, 5) is 11.9. The van der Waals surface area contributed by atoms with E-state index < -0.39 is 6.10 Å². The lowest BCUT2D eigenvalue weighted by atomic mass is 10.1. The van der Waals surface area contributed by atoms with E-state index in [1.165, 1.54) is 0 Å². The van der Waals surface area contributed by atoms with E-state index in [1.807, 2.05) is 25.1 Å². The van der Waals surface area contributed by atoms with Gasteiger partial charge in [-0.3, -0.25) is 4.79 Å². The van der Waals surface area contributed by atoms with Crippen LogP contribution in [0.3, 0.4) is 0 Å². The van der Waals surface area contributed by atoms with Crippen molar-refractivity contribution in [2.45, 2.75) is 46.3 Å². The van der Waals surface area contributed by atoms with Crippen molar-refractivity contribution in [3.05, 3.63) is 28.2 Å². The number of hydrogen-bond acceptors (Lipinski definition) is 3. The van der Waals surface area contributed by atoms with Crippen LogP contribution in [0.15, 0.2) is 22.7 Å². The molecule has 1 rings (SSSR count). The summed E-state index contributed by atoms with van der Waals surface area (Å²) in [6, 6.07) is 6.08. The smallest absolute Gasteiger partial charge is 0.260 e. The number of hydrogen-bond donors (Lipinski definition) is 2. The number of carbonyl (C=O) groups is 1. The lowest BCUT2D eigenvalue weighted by Gasteiger charge is -2.21. The molecule has 2 N–H and O–H groups in total. The summed E-state index contributed by atoms with van der Waals surface area (Å²) in [7, 11) is 0. The quantitative estimate of drug-likeness (QED) is 0.750. The van der Waals surface area contributed by atoms with E-state index in [4.69, 9.17) is 4.74 Å². The molecule has 21 heavy (non-hydrogen) atoms. The van der Waals surface area contributed by atoms with Gasteiger partial charge in [-0.1, -0.05) is 35.8 Å². The summed E-state index contributed by atoms with van der Waals surface area (Å²) >= 11 is 3.45. The van der Waals surface area contributed by atoms with E-state index in [-0.39, 0.29) is 11.9 Å². The predicted molar refractivity (Wildman–Crippen MR) is 89.6 cm³/mol. The Kier molecular flexibility index (Phi) is 7.75. The summed E-state index contributed by atoms with van der Waals surface area (Å²) in [6.07, 6.45) is 0.399. The Morgan fingerprint density at radius 3 is 2.67 bits per heavy atom. The summed E-state index contributed by atoms with van der Waals surface area (Å²) in [5.41, 5.74) is 1.05. The van der Waals surface area contributed by atoms with E-state index in [1.54, 1.807) is 6.92 Å². The largest absolute Gasteiger partial charge is 0.481 e. The fourth-order valence-corrected chi connectivity index (χ4v) is 2.36. The topological polar surface area (TPSA) is 50.4 Å². The molecule has 1 amide bonds. The first kappa shape index (κ1) is 18.0. The highest BCUT2D eigenvalue weighted by atomic mass is 79.9. The van der Waals surface area contributed by atoms with Gasteiger partial charge in [0, 0.05) is 22.6 Å². The molecule has 0 fully saturated rings. The van der Waals surface area contributed by atoms with Crippen LogP contribution >= 0.6 is 15.9 Å². The number of nitrogens with one attached hydrogen (secondary N) is 2. The van der Waals surface area contributed by atoms with Crippen molar-refractivity contribution in [3.8, 4) is 5.75 Å². The van der Waals surface area contributed by atoms with E-state index in [2.05, 4.69) is 40.4 Å². The summed E-state index contributed by atoms with van der Waals surface area (Å²) < 4.78 is 6.81. The molecular weight excluding hydrogens is 332 g/mol. The van der Waals surface area contributed by atoms with Crippen LogP contribution in [0.5, 0.6) is 5.75 Å². The minimum atomic E-state index is -0.515. The molecule has 118 valence electrons. The number of carbonyl (C=O) groups excluding carboxylic acids is 1. The van der Waals surface area contributed by atoms with E-state index in [0.717, 1.165) is 28.8 Å². The van der Waals surface area contributed by atoms with Crippen molar-refractivity contribution in [1.82, 2.24) is 10.6 Å². The Labute approximate surface area is 135 Å². The van der Waals surface area contributed by atoms with E-state index >= 15 is 0 Å². The molecule has 0 spiro atoms. The third kappa shape index (κ3) is 5.67. The average molecular weight is 357 g/mol. The molecule has 5 heteroatoms. The normalized spacial score (nSPS) is 13.6. The third-order valence-corrected chi connectivity index (χ3v) is 3.67. The van der Waals surface area contributed by atoms with Crippen LogP contribution in [-0.4, -0.2) is 25.1 Å². The van der Waals surface area contributed by atoms with Crippen LogP contribution < -0.4 is 15.4 Å². The van der Waals surface area contributed by atoms with Gasteiger partial charge >= 0.3 is 0 Å². The standard InChI is InChI=1S/C16H25BrN2O2/c1-5-9-19-16(20)12(4)21-15-10-13(17)7-8-14(15)11(3)18-6-2/h7-8,10-12,18H,5-6,9H2,1-4H3,(H,19,20). The second kappa shape index (κ2) is 9.05. The Morgan fingerprint density at radius 2 is 2.05 bits per heavy atom. The van der Waals surface area contributed by atoms with Gasteiger partial charge in [-0.2, -0.15) is 0 Å². The van der Waals surface area contributed by atoms with Crippen LogP contribution in [0.2, 0.25) is 0 Å². The monoisotopic (exact) mass is 356 g/mol. The molecule has 0 aromatic heterocycles. The first-order valence-corrected chi connectivity index (χ1v) is 8.26. The maximum absolute atomic E-state index is 11.9. The lowest BCUT2D eigenvalue weighted by Crippen LogP contribution is -2.37. The molecule has 0 bridgehead atoms. The molecule has 0 aliphatic heterocycles. The molecule has 2 atom stereocenters. The van der Waals surface area contributed by atoms with Crippen LogP contribution in [0, 0.1) is 0 Å². The molecule has 0 aliphatic carbocycles. The zero-order chi connectivity index (χ0) is 15.8. The fraction of sp³-hybridized carbons (Fsp3) is 0.562. The van der Waals surface area contributed by atoms with Crippen LogP contribution in [-0.2, 0) is 4.79 Å². The minimum absolute atomic E-state index is 0.0844. The Hall–Kier alpha value is -1.07. The highest BCUT2D eigenvalue weighted by molar-refractivity contribution is 9.10. The highest BCUT2D eigenvalue weighted by Gasteiger charge is 2.18. The molecule has 1 aromatic carbocycles. The molecule has 0 radical (unpaired) electrons. The molecule has 0 saturated carbocycles. The number of halogens is 1. The van der Waals surface area contributed by atoms with Gasteiger partial charge in [0.25, 0.3) is 5.91 Å². The van der Waals surface area contributed by atoms with Crippen LogP contribution in [0.1, 0.15) is 45.7 Å². The fourth-order valence-electron chi connectivity index (χ4n) is 2.02. The maximum atomic E-state index is 11.9. The molecule has 2 unspecified atom stereocenters. The molecule has 4 nitrogen and oxygen atoms in total. The van der Waals surface area contributed by atoms with Gasteiger partial charge in [0.2, 0.25) is 0 Å². The van der Waals surface area contributed by atoms with Crippen molar-refractivity contribution >= 4 is 21.8 Å². The van der Waals surface area contributed by atoms with Gasteiger partial charge in [0.15, 0.2) is 6.10 Å². The number of ether oxygens (including phenoxy) is 1. The third-order valence-electron chi connectivity index (χ3n) is 3.17. The Balaban J connectivity index is 2.85. The molecule has 1 aromatic rings. The number of amides is 1. The van der Waals surface area contributed by atoms with Crippen molar-refractivity contribution in [2.75, 3.05) is 13.1 Å². The first-order valence-electron chi connectivity index (χ1n) is 7.46. The van der Waals surface area contributed by atoms with Gasteiger partial charge < -0.3 is 15.4 Å². The zero-order valence-corrected chi connectivity index (χ0v) is 14.8. The summed E-state index contributed by atoms with van der Waals surface area (Å²) in [5, 5.41) is 6.21. The van der Waals surface area contributed by atoms with Crippen molar-refractivity contribution in [3.63, 3.8) is 0 Å². The van der Waals surface area contributed by atoms with E-state index in [9.17, 15) is 4.79 Å². The van der Waals surface area contributed by atoms with Crippen molar-refractivity contribution < 1.29 is 9.53 Å². The number of benzene rings is 1. The van der Waals surface area contributed by atoms with Gasteiger partial charge in [0.1, 0.15) is 5.75 Å². The Morgan fingerprint density at radius 1 is 1.33 bits per heavy atom. The SMILES string of the molecule is CCCNC(=O)C(C)Oc1cc(Br)ccc1C(C)NCC. The average Bonchev–Trinajstić information content (AvgIpc) is 2.44. The highest BCUT2D eigenvalue weighted by Crippen LogP contribution is 2.29. The lowest BCUT2D eigenvalue weighted by molar-refractivity contribution is -0.127. The van der Waals surface area contributed by atoms with Gasteiger partial charge in [-0.25, -0.2) is 0 Å². The molecular formula is C16H25BrN2O2. The van der Waals surface area contributed by atoms with Crippen LogP contribution in [0.4, 0.5) is 0 Å². The van der Waals surface area contributed by atoms with Crippen molar-refractivity contribution in [2.24, 2.45) is 0 Å². The second-order valence-corrected chi connectivity index (χ2v) is 5.93. The minimum Gasteiger partial charge on any atom is -0.481 e. The van der Waals surface area contributed by atoms with Gasteiger partial charge in [-0.05, 0) is 38.9 Å². The number of rotatable bonds is 8. The molecule has 0 aliphatic rings. The molecule has 0 saturated heterocycles. The first-order chi connectivity index (χ1) is 9.99. The van der Waals surface area contributed by atoms with Crippen molar-refractivity contribution in [1.29, 1.82) is 0 Å². The second-order valence-electron chi connectivity index (χ2n) is 5.01. The van der Waals surface area contributed by atoms with E-state index in [0.29, 0.717) is 6.54 Å². The van der Waals surface area contributed by atoms with Gasteiger partial charge in [-0.15, -0.1) is 0 Å². The van der Waals surface area contributed by atoms with Crippen LogP contribution in [0.25, 0.3) is 0 Å². The van der Waals surface area contributed by atoms with Gasteiger partial charge in [0.05, 0.1) is 0 Å². The summed E-state index contributed by atoms with van der Waals surface area (Å²) in [5.74, 6) is 0.649. The Bertz CT molecular complexity index is 466. The summed E-state index contributed by atoms with van der Waals surface area (Å²) in [6.45, 7) is 9.50. The molecule has 0 heterocycles.